The standard InChI is InChI=1S/C16H26N2/c1-13-5-7-15(8-6-13)18-12-14(11-17-4)9-10-16(18,2)3/h5-8,14,17H,9-12H2,1-4H3. The normalized spacial score (nSPS) is 23.1. The Kier molecular flexibility index (Phi) is 3.96. The lowest BCUT2D eigenvalue weighted by Crippen LogP contribution is -2.52. The lowest BCUT2D eigenvalue weighted by atomic mass is 9.84. The van der Waals surface area contributed by atoms with Gasteiger partial charge in [-0.1, -0.05) is 17.7 Å². The highest BCUT2D eigenvalue weighted by Crippen LogP contribution is 2.34. The third-order valence-corrected chi connectivity index (χ3v) is 4.17. The summed E-state index contributed by atoms with van der Waals surface area (Å²) in [6.45, 7) is 9.16. The van der Waals surface area contributed by atoms with Crippen LogP contribution in [-0.2, 0) is 0 Å². The van der Waals surface area contributed by atoms with Gasteiger partial charge in [-0.15, -0.1) is 0 Å². The first-order valence-corrected chi connectivity index (χ1v) is 7.02. The molecule has 1 fully saturated rings. The van der Waals surface area contributed by atoms with Crippen LogP contribution in [0.4, 0.5) is 5.69 Å². The largest absolute Gasteiger partial charge is 0.366 e. The molecule has 100 valence electrons. The van der Waals surface area contributed by atoms with Gasteiger partial charge >= 0.3 is 0 Å². The van der Waals surface area contributed by atoms with Crippen molar-refractivity contribution in [2.45, 2.75) is 39.2 Å². The lowest BCUT2D eigenvalue weighted by molar-refractivity contribution is 0.287. The van der Waals surface area contributed by atoms with Crippen LogP contribution in [0.1, 0.15) is 32.3 Å². The average molecular weight is 246 g/mol. The Labute approximate surface area is 111 Å². The Morgan fingerprint density at radius 2 is 1.94 bits per heavy atom. The van der Waals surface area contributed by atoms with Crippen LogP contribution < -0.4 is 10.2 Å². The summed E-state index contributed by atoms with van der Waals surface area (Å²) in [5.41, 5.74) is 2.98. The van der Waals surface area contributed by atoms with E-state index in [1.165, 1.54) is 24.1 Å². The molecule has 0 saturated carbocycles. The van der Waals surface area contributed by atoms with E-state index in [-0.39, 0.29) is 5.54 Å². The number of anilines is 1. The van der Waals surface area contributed by atoms with Gasteiger partial charge in [0.1, 0.15) is 0 Å². The Hall–Kier alpha value is -1.02. The fraction of sp³-hybridized carbons (Fsp3) is 0.625. The summed E-state index contributed by atoms with van der Waals surface area (Å²) in [6, 6.07) is 8.96. The van der Waals surface area contributed by atoms with Crippen LogP contribution in [0.3, 0.4) is 0 Å². The van der Waals surface area contributed by atoms with Crippen LogP contribution in [0.25, 0.3) is 0 Å². The predicted octanol–water partition coefficient (Wildman–Crippen LogP) is 3.21. The molecule has 1 saturated heterocycles. The summed E-state index contributed by atoms with van der Waals surface area (Å²) in [5, 5.41) is 3.32. The minimum Gasteiger partial charge on any atom is -0.366 e. The summed E-state index contributed by atoms with van der Waals surface area (Å²) in [4.78, 5) is 2.58. The SMILES string of the molecule is CNCC1CCC(C)(C)N(c2ccc(C)cc2)C1. The van der Waals surface area contributed by atoms with Gasteiger partial charge < -0.3 is 10.2 Å². The topological polar surface area (TPSA) is 15.3 Å². The molecule has 2 rings (SSSR count). The highest BCUT2D eigenvalue weighted by atomic mass is 15.2. The Balaban J connectivity index is 2.18. The number of hydrogen-bond acceptors (Lipinski definition) is 2. The molecule has 1 N–H and O–H groups in total. The molecular weight excluding hydrogens is 220 g/mol. The maximum atomic E-state index is 3.32. The van der Waals surface area contributed by atoms with Gasteiger partial charge in [-0.3, -0.25) is 0 Å². The van der Waals surface area contributed by atoms with Crippen molar-refractivity contribution in [3.8, 4) is 0 Å². The van der Waals surface area contributed by atoms with Crippen molar-refractivity contribution < 1.29 is 0 Å². The van der Waals surface area contributed by atoms with Crippen molar-refractivity contribution in [3.63, 3.8) is 0 Å². The minimum atomic E-state index is 0.277. The number of aryl methyl sites for hydroxylation is 1. The molecule has 1 unspecified atom stereocenters. The summed E-state index contributed by atoms with van der Waals surface area (Å²) in [5.74, 6) is 0.768. The van der Waals surface area contributed by atoms with Crippen molar-refractivity contribution in [1.29, 1.82) is 0 Å². The molecule has 0 spiro atoms. The minimum absolute atomic E-state index is 0.277. The lowest BCUT2D eigenvalue weighted by Gasteiger charge is -2.47. The molecule has 18 heavy (non-hydrogen) atoms. The highest BCUT2D eigenvalue weighted by Gasteiger charge is 2.33. The Morgan fingerprint density at radius 1 is 1.28 bits per heavy atom. The smallest absolute Gasteiger partial charge is 0.0370 e. The molecule has 0 aliphatic carbocycles. The van der Waals surface area contributed by atoms with Gasteiger partial charge in [0, 0.05) is 17.8 Å². The number of hydrogen-bond donors (Lipinski definition) is 1. The second-order valence-corrected chi connectivity index (χ2v) is 6.22. The summed E-state index contributed by atoms with van der Waals surface area (Å²) in [7, 11) is 2.05. The van der Waals surface area contributed by atoms with Gasteiger partial charge in [-0.2, -0.15) is 0 Å². The second kappa shape index (κ2) is 5.31. The van der Waals surface area contributed by atoms with Crippen molar-refractivity contribution in [1.82, 2.24) is 5.32 Å². The van der Waals surface area contributed by atoms with Crippen LogP contribution in [-0.4, -0.2) is 25.7 Å². The number of piperidine rings is 1. The molecule has 1 heterocycles. The molecule has 0 amide bonds. The Bertz CT molecular complexity index is 381. The molecule has 1 aromatic carbocycles. The van der Waals surface area contributed by atoms with Crippen LogP contribution in [0.15, 0.2) is 24.3 Å². The molecule has 1 atom stereocenters. The predicted molar refractivity (Wildman–Crippen MR) is 79.3 cm³/mol. The van der Waals surface area contributed by atoms with E-state index in [1.807, 2.05) is 0 Å². The molecule has 2 heteroatoms. The highest BCUT2D eigenvalue weighted by molar-refractivity contribution is 5.50. The van der Waals surface area contributed by atoms with Crippen LogP contribution >= 0.6 is 0 Å². The van der Waals surface area contributed by atoms with Crippen molar-refractivity contribution >= 4 is 5.69 Å². The Morgan fingerprint density at radius 3 is 2.56 bits per heavy atom. The quantitative estimate of drug-likeness (QED) is 0.881. The molecule has 0 radical (unpaired) electrons. The first-order chi connectivity index (χ1) is 8.53. The molecule has 0 aromatic heterocycles. The first kappa shape index (κ1) is 13.4. The van der Waals surface area contributed by atoms with E-state index in [0.29, 0.717) is 0 Å². The van der Waals surface area contributed by atoms with Gasteiger partial charge in [0.05, 0.1) is 0 Å². The third kappa shape index (κ3) is 2.86. The maximum Gasteiger partial charge on any atom is 0.0370 e. The monoisotopic (exact) mass is 246 g/mol. The summed E-state index contributed by atoms with van der Waals surface area (Å²) < 4.78 is 0. The number of nitrogens with one attached hydrogen (secondary N) is 1. The zero-order valence-corrected chi connectivity index (χ0v) is 12.2. The van der Waals surface area contributed by atoms with Crippen LogP contribution in [0.5, 0.6) is 0 Å². The van der Waals surface area contributed by atoms with E-state index < -0.39 is 0 Å². The fourth-order valence-electron chi connectivity index (χ4n) is 2.92. The third-order valence-electron chi connectivity index (χ3n) is 4.17. The van der Waals surface area contributed by atoms with Crippen LogP contribution in [0, 0.1) is 12.8 Å². The first-order valence-electron chi connectivity index (χ1n) is 7.02. The van der Waals surface area contributed by atoms with E-state index >= 15 is 0 Å². The molecular formula is C16H26N2. The van der Waals surface area contributed by atoms with Gasteiger partial charge in [-0.25, -0.2) is 0 Å². The van der Waals surface area contributed by atoms with E-state index in [2.05, 4.69) is 62.3 Å². The van der Waals surface area contributed by atoms with Gasteiger partial charge in [0.15, 0.2) is 0 Å². The van der Waals surface area contributed by atoms with Crippen molar-refractivity contribution in [2.75, 3.05) is 25.0 Å². The maximum absolute atomic E-state index is 3.32. The zero-order chi connectivity index (χ0) is 13.2. The zero-order valence-electron chi connectivity index (χ0n) is 12.2. The number of benzene rings is 1. The van der Waals surface area contributed by atoms with Gasteiger partial charge in [-0.05, 0) is 65.3 Å². The van der Waals surface area contributed by atoms with E-state index in [9.17, 15) is 0 Å². The molecule has 1 aliphatic heterocycles. The molecule has 1 aromatic rings. The molecule has 2 nitrogen and oxygen atoms in total. The second-order valence-electron chi connectivity index (χ2n) is 6.22. The van der Waals surface area contributed by atoms with Crippen molar-refractivity contribution in [2.24, 2.45) is 5.92 Å². The van der Waals surface area contributed by atoms with E-state index in [0.717, 1.165) is 19.0 Å². The number of rotatable bonds is 3. The average Bonchev–Trinajstić information content (AvgIpc) is 2.33. The fourth-order valence-corrected chi connectivity index (χ4v) is 2.92. The molecule has 0 bridgehead atoms. The number of nitrogens with zero attached hydrogens (tertiary/aromatic N) is 1. The van der Waals surface area contributed by atoms with E-state index in [1.54, 1.807) is 0 Å². The van der Waals surface area contributed by atoms with E-state index in [4.69, 9.17) is 0 Å². The summed E-state index contributed by atoms with van der Waals surface area (Å²) >= 11 is 0. The van der Waals surface area contributed by atoms with Crippen LogP contribution in [0.2, 0.25) is 0 Å². The van der Waals surface area contributed by atoms with Crippen molar-refractivity contribution in [3.05, 3.63) is 29.8 Å². The molecule has 1 aliphatic rings. The summed E-state index contributed by atoms with van der Waals surface area (Å²) in [6.07, 6.45) is 2.60. The van der Waals surface area contributed by atoms with Gasteiger partial charge in [0.2, 0.25) is 0 Å². The van der Waals surface area contributed by atoms with Gasteiger partial charge in [0.25, 0.3) is 0 Å².